The zero-order chi connectivity index (χ0) is 15.9. The van der Waals surface area contributed by atoms with Crippen molar-refractivity contribution in [3.05, 3.63) is 59.4 Å². The maximum Gasteiger partial charge on any atom is 0.221 e. The number of nitrogens with one attached hydrogen (secondary N) is 1. The Bertz CT molecular complexity index is 630. The Balaban J connectivity index is 1.79. The normalized spacial score (nSPS) is 12.0. The molecule has 1 aromatic heterocycles. The van der Waals surface area contributed by atoms with Crippen LogP contribution in [-0.4, -0.2) is 21.9 Å². The van der Waals surface area contributed by atoms with Crippen molar-refractivity contribution in [1.82, 2.24) is 15.3 Å². The van der Waals surface area contributed by atoms with E-state index in [1.807, 2.05) is 6.92 Å². The number of nitrogens with zero attached hydrogens (tertiary/aromatic N) is 2. The summed E-state index contributed by atoms with van der Waals surface area (Å²) in [5.74, 6) is -0.487. The third kappa shape index (κ3) is 4.89. The van der Waals surface area contributed by atoms with Crippen LogP contribution >= 0.6 is 0 Å². The Kier molecular flexibility index (Phi) is 5.55. The minimum atomic E-state index is -0.430. The number of hydrogen-bond donors (Lipinski definition) is 2. The number of carbonyl (C=O) groups is 1. The molecule has 3 N–H and O–H groups in total. The Hall–Kier alpha value is -2.34. The second-order valence-corrected chi connectivity index (χ2v) is 5.19. The summed E-state index contributed by atoms with van der Waals surface area (Å²) >= 11 is 0. The molecule has 1 aromatic carbocycles. The van der Waals surface area contributed by atoms with Gasteiger partial charge in [0.15, 0.2) is 0 Å². The summed E-state index contributed by atoms with van der Waals surface area (Å²) < 4.78 is 13.5. The predicted molar refractivity (Wildman–Crippen MR) is 81.3 cm³/mol. The molecule has 0 bridgehead atoms. The molecule has 1 amide bonds. The van der Waals surface area contributed by atoms with Crippen LogP contribution in [0.25, 0.3) is 0 Å². The van der Waals surface area contributed by atoms with E-state index in [2.05, 4.69) is 15.3 Å². The first-order valence-corrected chi connectivity index (χ1v) is 7.08. The molecule has 0 saturated carbocycles. The molecule has 0 radical (unpaired) electrons. The summed E-state index contributed by atoms with van der Waals surface area (Å²) in [7, 11) is 0. The van der Waals surface area contributed by atoms with E-state index in [9.17, 15) is 9.18 Å². The van der Waals surface area contributed by atoms with E-state index in [-0.39, 0.29) is 18.1 Å². The van der Waals surface area contributed by atoms with Crippen molar-refractivity contribution in [2.24, 2.45) is 5.73 Å². The van der Waals surface area contributed by atoms with E-state index in [1.165, 1.54) is 6.07 Å². The van der Waals surface area contributed by atoms with Gasteiger partial charge in [0, 0.05) is 18.7 Å². The highest BCUT2D eigenvalue weighted by molar-refractivity contribution is 5.76. The summed E-state index contributed by atoms with van der Waals surface area (Å²) in [5, 5.41) is 2.73. The molecule has 1 heterocycles. The highest BCUT2D eigenvalue weighted by atomic mass is 19.1. The zero-order valence-electron chi connectivity index (χ0n) is 12.4. The molecule has 2 rings (SSSR count). The predicted octanol–water partition coefficient (Wildman–Crippen LogP) is 1.50. The maximum atomic E-state index is 13.5. The van der Waals surface area contributed by atoms with Crippen LogP contribution < -0.4 is 11.1 Å². The van der Waals surface area contributed by atoms with Crippen molar-refractivity contribution in [3.8, 4) is 0 Å². The van der Waals surface area contributed by atoms with Gasteiger partial charge < -0.3 is 11.1 Å². The van der Waals surface area contributed by atoms with E-state index in [0.717, 1.165) is 5.69 Å². The van der Waals surface area contributed by atoms with Gasteiger partial charge in [-0.1, -0.05) is 18.2 Å². The number of halogens is 1. The molecule has 22 heavy (non-hydrogen) atoms. The van der Waals surface area contributed by atoms with Gasteiger partial charge in [0.05, 0.1) is 24.1 Å². The van der Waals surface area contributed by atoms with Gasteiger partial charge in [-0.25, -0.2) is 4.39 Å². The first-order valence-electron chi connectivity index (χ1n) is 7.08. The highest BCUT2D eigenvalue weighted by Gasteiger charge is 2.12. The standard InChI is InChI=1S/C16H19FN4O/c1-11-8-20-14(9-19-11)10-21-16(22)7-13(18)6-12-4-2-3-5-15(12)17/h2-5,8-9,13H,6-7,10,18H2,1H3,(H,21,22)/t13-/m1/s1. The summed E-state index contributed by atoms with van der Waals surface area (Å²) in [4.78, 5) is 20.1. The number of carbonyl (C=O) groups excluding carboxylic acids is 1. The second kappa shape index (κ2) is 7.61. The fourth-order valence-corrected chi connectivity index (χ4v) is 2.03. The fraction of sp³-hybridized carbons (Fsp3) is 0.312. The molecule has 0 unspecified atom stereocenters. The van der Waals surface area contributed by atoms with E-state index < -0.39 is 6.04 Å². The lowest BCUT2D eigenvalue weighted by Gasteiger charge is -2.12. The average Bonchev–Trinajstić information content (AvgIpc) is 2.49. The lowest BCUT2D eigenvalue weighted by molar-refractivity contribution is -0.121. The van der Waals surface area contributed by atoms with E-state index >= 15 is 0 Å². The third-order valence-corrected chi connectivity index (χ3v) is 3.19. The minimum Gasteiger partial charge on any atom is -0.350 e. The third-order valence-electron chi connectivity index (χ3n) is 3.19. The molecule has 5 nitrogen and oxygen atoms in total. The molecule has 0 aliphatic carbocycles. The number of benzene rings is 1. The molecular formula is C16H19FN4O. The quantitative estimate of drug-likeness (QED) is 0.847. The Labute approximate surface area is 128 Å². The van der Waals surface area contributed by atoms with Gasteiger partial charge in [0.25, 0.3) is 0 Å². The average molecular weight is 302 g/mol. The SMILES string of the molecule is Cc1cnc(CNC(=O)C[C@H](N)Cc2ccccc2F)cn1. The number of aryl methyl sites for hydroxylation is 1. The summed E-state index contributed by atoms with van der Waals surface area (Å²) in [6.45, 7) is 2.15. The van der Waals surface area contributed by atoms with Gasteiger partial charge in [-0.05, 0) is 25.0 Å². The summed E-state index contributed by atoms with van der Waals surface area (Å²) in [5.41, 5.74) is 7.93. The van der Waals surface area contributed by atoms with E-state index in [0.29, 0.717) is 24.2 Å². The lowest BCUT2D eigenvalue weighted by Crippen LogP contribution is -2.33. The molecular weight excluding hydrogens is 283 g/mol. The number of aromatic nitrogens is 2. The highest BCUT2D eigenvalue weighted by Crippen LogP contribution is 2.09. The molecule has 116 valence electrons. The summed E-state index contributed by atoms with van der Waals surface area (Å²) in [6.07, 6.45) is 3.72. The topological polar surface area (TPSA) is 80.9 Å². The zero-order valence-corrected chi connectivity index (χ0v) is 12.4. The van der Waals surface area contributed by atoms with Crippen LogP contribution in [0.2, 0.25) is 0 Å². The Morgan fingerprint density at radius 3 is 2.77 bits per heavy atom. The monoisotopic (exact) mass is 302 g/mol. The Morgan fingerprint density at radius 2 is 2.09 bits per heavy atom. The van der Waals surface area contributed by atoms with Gasteiger partial charge in [0.1, 0.15) is 5.82 Å². The molecule has 0 saturated heterocycles. The number of hydrogen-bond acceptors (Lipinski definition) is 4. The molecule has 6 heteroatoms. The van der Waals surface area contributed by atoms with Crippen LogP contribution in [-0.2, 0) is 17.8 Å². The van der Waals surface area contributed by atoms with Crippen molar-refractivity contribution < 1.29 is 9.18 Å². The lowest BCUT2D eigenvalue weighted by atomic mass is 10.0. The second-order valence-electron chi connectivity index (χ2n) is 5.19. The fourth-order valence-electron chi connectivity index (χ4n) is 2.03. The van der Waals surface area contributed by atoms with Gasteiger partial charge in [-0.2, -0.15) is 0 Å². The van der Waals surface area contributed by atoms with Crippen LogP contribution in [0.4, 0.5) is 4.39 Å². The molecule has 0 spiro atoms. The van der Waals surface area contributed by atoms with Gasteiger partial charge in [-0.15, -0.1) is 0 Å². The minimum absolute atomic E-state index is 0.133. The van der Waals surface area contributed by atoms with Crippen LogP contribution in [0.1, 0.15) is 23.4 Å². The largest absolute Gasteiger partial charge is 0.350 e. The van der Waals surface area contributed by atoms with Crippen molar-refractivity contribution >= 4 is 5.91 Å². The molecule has 2 aromatic rings. The molecule has 0 aliphatic heterocycles. The van der Waals surface area contributed by atoms with Gasteiger partial charge in [0.2, 0.25) is 5.91 Å². The Morgan fingerprint density at radius 1 is 1.32 bits per heavy atom. The first-order chi connectivity index (χ1) is 10.5. The first kappa shape index (κ1) is 16.0. The van der Waals surface area contributed by atoms with Gasteiger partial charge >= 0.3 is 0 Å². The molecule has 0 aliphatic rings. The van der Waals surface area contributed by atoms with Crippen LogP contribution in [0.15, 0.2) is 36.7 Å². The smallest absolute Gasteiger partial charge is 0.221 e. The maximum absolute atomic E-state index is 13.5. The van der Waals surface area contributed by atoms with E-state index in [1.54, 1.807) is 30.6 Å². The van der Waals surface area contributed by atoms with Crippen molar-refractivity contribution in [3.63, 3.8) is 0 Å². The van der Waals surface area contributed by atoms with Crippen molar-refractivity contribution in [2.75, 3.05) is 0 Å². The van der Waals surface area contributed by atoms with Crippen LogP contribution in [0, 0.1) is 12.7 Å². The van der Waals surface area contributed by atoms with E-state index in [4.69, 9.17) is 5.73 Å². The molecule has 1 atom stereocenters. The molecule has 0 fully saturated rings. The van der Waals surface area contributed by atoms with Gasteiger partial charge in [-0.3, -0.25) is 14.8 Å². The number of amides is 1. The number of rotatable bonds is 6. The van der Waals surface area contributed by atoms with Crippen LogP contribution in [0.5, 0.6) is 0 Å². The van der Waals surface area contributed by atoms with Crippen LogP contribution in [0.3, 0.4) is 0 Å². The summed E-state index contributed by atoms with van der Waals surface area (Å²) in [6, 6.07) is 6.01. The van der Waals surface area contributed by atoms with Crippen molar-refractivity contribution in [2.45, 2.75) is 32.4 Å². The number of nitrogens with two attached hydrogens (primary N) is 1. The van der Waals surface area contributed by atoms with Crippen molar-refractivity contribution in [1.29, 1.82) is 0 Å².